The van der Waals surface area contributed by atoms with Crippen LogP contribution in [0, 0.1) is 12.3 Å². The molecule has 0 unspecified atom stereocenters. The molecule has 0 saturated heterocycles. The van der Waals surface area contributed by atoms with Crippen molar-refractivity contribution in [1.82, 2.24) is 9.97 Å². The second-order valence-corrected chi connectivity index (χ2v) is 5.00. The van der Waals surface area contributed by atoms with Gasteiger partial charge in [0.15, 0.2) is 5.82 Å². The normalized spacial score (nSPS) is 11.4. The first-order chi connectivity index (χ1) is 12.1. The van der Waals surface area contributed by atoms with Crippen LogP contribution in [0.1, 0.15) is 53.1 Å². The maximum Gasteiger partial charge on any atom is 0.343 e. The van der Waals surface area contributed by atoms with Crippen LogP contribution >= 0.6 is 0 Å². The molecule has 0 saturated carbocycles. The van der Waals surface area contributed by atoms with Crippen LogP contribution in [-0.2, 0) is 14.3 Å². The third-order valence-corrected chi connectivity index (χ3v) is 3.12. The SMILES string of the molecule is CCOC(=O)C(C(=N)c1nc(C)c(C(=O)OCC)c(C(N)=O)n1)=C(C)O. The number of carbonyl (C=O) groups is 3. The van der Waals surface area contributed by atoms with Crippen LogP contribution in [0.2, 0.25) is 0 Å². The Morgan fingerprint density at radius 2 is 1.73 bits per heavy atom. The average molecular weight is 364 g/mol. The quantitative estimate of drug-likeness (QED) is 0.277. The van der Waals surface area contributed by atoms with Gasteiger partial charge in [-0.3, -0.25) is 10.2 Å². The van der Waals surface area contributed by atoms with Crippen LogP contribution in [-0.4, -0.2) is 51.8 Å². The molecule has 1 heterocycles. The fourth-order valence-electron chi connectivity index (χ4n) is 2.06. The molecule has 4 N–H and O–H groups in total. The van der Waals surface area contributed by atoms with Gasteiger partial charge in [0.2, 0.25) is 0 Å². The monoisotopic (exact) mass is 364 g/mol. The molecule has 0 aliphatic heterocycles. The summed E-state index contributed by atoms with van der Waals surface area (Å²) >= 11 is 0. The molecular formula is C16H20N4O6. The Kier molecular flexibility index (Phi) is 6.94. The van der Waals surface area contributed by atoms with Gasteiger partial charge in [-0.2, -0.15) is 0 Å². The van der Waals surface area contributed by atoms with Gasteiger partial charge in [-0.25, -0.2) is 19.6 Å². The number of allylic oxidation sites excluding steroid dienone is 1. The van der Waals surface area contributed by atoms with Crippen LogP contribution in [0.5, 0.6) is 0 Å². The Balaban J connectivity index is 3.53. The van der Waals surface area contributed by atoms with Gasteiger partial charge in [0.1, 0.15) is 28.3 Å². The number of aromatic nitrogens is 2. The second-order valence-electron chi connectivity index (χ2n) is 5.00. The number of amides is 1. The Labute approximate surface area is 149 Å². The molecule has 1 aromatic rings. The third-order valence-electron chi connectivity index (χ3n) is 3.12. The summed E-state index contributed by atoms with van der Waals surface area (Å²) in [6.07, 6.45) is 0. The Bertz CT molecular complexity index is 796. The van der Waals surface area contributed by atoms with Gasteiger partial charge in [0, 0.05) is 0 Å². The first-order valence-corrected chi connectivity index (χ1v) is 7.67. The smallest absolute Gasteiger partial charge is 0.343 e. The van der Waals surface area contributed by atoms with Crippen molar-refractivity contribution in [3.05, 3.63) is 34.1 Å². The van der Waals surface area contributed by atoms with E-state index in [1.807, 2.05) is 0 Å². The van der Waals surface area contributed by atoms with Crippen molar-refractivity contribution in [3.8, 4) is 0 Å². The Morgan fingerprint density at radius 3 is 2.19 bits per heavy atom. The zero-order chi connectivity index (χ0) is 20.0. The van der Waals surface area contributed by atoms with E-state index >= 15 is 0 Å². The van der Waals surface area contributed by atoms with Gasteiger partial charge in [0.25, 0.3) is 5.91 Å². The number of carbonyl (C=O) groups excluding carboxylic acids is 3. The van der Waals surface area contributed by atoms with E-state index in [1.165, 1.54) is 13.8 Å². The number of hydrogen-bond acceptors (Lipinski definition) is 9. The van der Waals surface area contributed by atoms with Gasteiger partial charge in [-0.15, -0.1) is 0 Å². The molecule has 0 aromatic carbocycles. The van der Waals surface area contributed by atoms with Gasteiger partial charge in [-0.1, -0.05) is 0 Å². The molecule has 0 bridgehead atoms. The summed E-state index contributed by atoms with van der Waals surface area (Å²) in [6, 6.07) is 0. The molecule has 0 spiro atoms. The van der Waals surface area contributed by atoms with Crippen molar-refractivity contribution in [2.45, 2.75) is 27.7 Å². The van der Waals surface area contributed by atoms with E-state index in [4.69, 9.17) is 20.6 Å². The van der Waals surface area contributed by atoms with Gasteiger partial charge >= 0.3 is 11.9 Å². The minimum absolute atomic E-state index is 0.0249. The highest BCUT2D eigenvalue weighted by atomic mass is 16.5. The number of hydrogen-bond donors (Lipinski definition) is 3. The third kappa shape index (κ3) is 4.41. The number of aliphatic hydroxyl groups excluding tert-OH is 1. The predicted octanol–water partition coefficient (Wildman–Crippen LogP) is 0.824. The average Bonchev–Trinajstić information content (AvgIpc) is 2.53. The molecule has 0 radical (unpaired) electrons. The molecule has 1 amide bonds. The number of nitrogens with two attached hydrogens (primary N) is 1. The van der Waals surface area contributed by atoms with Crippen molar-refractivity contribution in [2.24, 2.45) is 5.73 Å². The van der Waals surface area contributed by atoms with Crippen molar-refractivity contribution >= 4 is 23.6 Å². The standard InChI is InChI=1S/C16H20N4O6/c1-5-25-15(23)9-7(3)19-14(20-12(9)13(18)22)11(17)10(8(4)21)16(24)26-6-2/h17,21H,5-6H2,1-4H3,(H2,18,22). The van der Waals surface area contributed by atoms with Crippen molar-refractivity contribution in [3.63, 3.8) is 0 Å². The molecule has 26 heavy (non-hydrogen) atoms. The number of nitrogens with one attached hydrogen (secondary N) is 1. The fourth-order valence-corrected chi connectivity index (χ4v) is 2.06. The molecule has 0 aliphatic carbocycles. The van der Waals surface area contributed by atoms with Gasteiger partial charge in [-0.05, 0) is 27.7 Å². The Hall–Kier alpha value is -3.30. The summed E-state index contributed by atoms with van der Waals surface area (Å²) in [7, 11) is 0. The van der Waals surface area contributed by atoms with Crippen molar-refractivity contribution < 1.29 is 29.0 Å². The van der Waals surface area contributed by atoms with Crippen LogP contribution in [0.25, 0.3) is 0 Å². The minimum Gasteiger partial charge on any atom is -0.512 e. The van der Waals surface area contributed by atoms with E-state index in [2.05, 4.69) is 9.97 Å². The summed E-state index contributed by atoms with van der Waals surface area (Å²) in [6.45, 7) is 5.82. The first kappa shape index (κ1) is 20.7. The van der Waals surface area contributed by atoms with Crippen LogP contribution in [0.3, 0.4) is 0 Å². The number of esters is 2. The van der Waals surface area contributed by atoms with Crippen LogP contribution < -0.4 is 5.73 Å². The summed E-state index contributed by atoms with van der Waals surface area (Å²) in [5.74, 6) is -3.68. The predicted molar refractivity (Wildman–Crippen MR) is 90.0 cm³/mol. The number of rotatable bonds is 7. The molecule has 0 atom stereocenters. The largest absolute Gasteiger partial charge is 0.512 e. The number of aryl methyl sites for hydroxylation is 1. The number of nitrogens with zero attached hydrogens (tertiary/aromatic N) is 2. The van der Waals surface area contributed by atoms with Gasteiger partial charge in [0.05, 0.1) is 18.9 Å². The first-order valence-electron chi connectivity index (χ1n) is 7.67. The van der Waals surface area contributed by atoms with Crippen molar-refractivity contribution in [1.29, 1.82) is 5.41 Å². The summed E-state index contributed by atoms with van der Waals surface area (Å²) in [5, 5.41) is 17.8. The molecule has 10 nitrogen and oxygen atoms in total. The van der Waals surface area contributed by atoms with E-state index < -0.39 is 40.6 Å². The zero-order valence-electron chi connectivity index (χ0n) is 14.9. The lowest BCUT2D eigenvalue weighted by Gasteiger charge is -2.13. The van der Waals surface area contributed by atoms with E-state index in [1.54, 1.807) is 13.8 Å². The Morgan fingerprint density at radius 1 is 1.15 bits per heavy atom. The molecular weight excluding hydrogens is 344 g/mol. The molecule has 0 aliphatic rings. The lowest BCUT2D eigenvalue weighted by molar-refractivity contribution is -0.138. The molecule has 1 rings (SSSR count). The highest BCUT2D eigenvalue weighted by molar-refractivity contribution is 6.24. The topological polar surface area (TPSA) is 166 Å². The summed E-state index contributed by atoms with van der Waals surface area (Å²) < 4.78 is 9.64. The minimum atomic E-state index is -1.03. The van der Waals surface area contributed by atoms with Gasteiger partial charge < -0.3 is 20.3 Å². The van der Waals surface area contributed by atoms with Crippen LogP contribution in [0.4, 0.5) is 0 Å². The van der Waals surface area contributed by atoms with Crippen LogP contribution in [0.15, 0.2) is 11.3 Å². The number of aliphatic hydroxyl groups is 1. The highest BCUT2D eigenvalue weighted by Crippen LogP contribution is 2.16. The highest BCUT2D eigenvalue weighted by Gasteiger charge is 2.28. The molecule has 140 valence electrons. The number of ether oxygens (including phenoxy) is 2. The van der Waals surface area contributed by atoms with E-state index in [0.717, 1.165) is 0 Å². The summed E-state index contributed by atoms with van der Waals surface area (Å²) in [5.41, 5.74) is 3.58. The molecule has 1 aromatic heterocycles. The summed E-state index contributed by atoms with van der Waals surface area (Å²) in [4.78, 5) is 43.5. The molecule has 0 fully saturated rings. The maximum atomic E-state index is 12.0. The number of primary amides is 1. The van der Waals surface area contributed by atoms with E-state index in [0.29, 0.717) is 0 Å². The molecule has 10 heteroatoms. The lowest BCUT2D eigenvalue weighted by atomic mass is 10.1. The lowest BCUT2D eigenvalue weighted by Crippen LogP contribution is -2.26. The fraction of sp³-hybridized carbons (Fsp3) is 0.375. The van der Waals surface area contributed by atoms with E-state index in [-0.39, 0.29) is 30.3 Å². The maximum absolute atomic E-state index is 12.0. The van der Waals surface area contributed by atoms with Crippen molar-refractivity contribution in [2.75, 3.05) is 13.2 Å². The zero-order valence-corrected chi connectivity index (χ0v) is 14.9. The van der Waals surface area contributed by atoms with E-state index in [9.17, 15) is 19.5 Å². The second kappa shape index (κ2) is 8.70.